The Labute approximate surface area is 236 Å². The smallest absolute Gasteiger partial charge is 0.247 e. The fourth-order valence-corrected chi connectivity index (χ4v) is 5.41. The first kappa shape index (κ1) is 30.4. The first-order chi connectivity index (χ1) is 18.2. The first-order valence-corrected chi connectivity index (χ1v) is 13.7. The molecule has 3 rings (SSSR count). The van der Waals surface area contributed by atoms with Crippen molar-refractivity contribution in [1.29, 1.82) is 0 Å². The number of methoxy groups -OCH3 is 1. The number of rotatable bonds is 11. The fourth-order valence-electron chi connectivity index (χ4n) is 4.62. The van der Waals surface area contributed by atoms with Gasteiger partial charge in [-0.25, -0.2) is 0 Å². The number of hydrogen-bond acceptors (Lipinski definition) is 8. The number of aliphatic hydroxyl groups is 3. The van der Waals surface area contributed by atoms with Crippen LogP contribution in [0.3, 0.4) is 0 Å². The molecule has 0 saturated carbocycles. The molecule has 0 aromatic heterocycles. The summed E-state index contributed by atoms with van der Waals surface area (Å²) in [6.07, 6.45) is 2.54. The summed E-state index contributed by atoms with van der Waals surface area (Å²) in [7, 11) is 1.48. The predicted molar refractivity (Wildman–Crippen MR) is 149 cm³/mol. The zero-order valence-electron chi connectivity index (χ0n) is 22.0. The second-order valence-corrected chi connectivity index (χ2v) is 10.8. The van der Waals surface area contributed by atoms with E-state index in [1.165, 1.54) is 13.2 Å². The van der Waals surface area contributed by atoms with Gasteiger partial charge in [-0.1, -0.05) is 5.57 Å². The maximum absolute atomic E-state index is 13.4. The quantitative estimate of drug-likeness (QED) is 0.211. The van der Waals surface area contributed by atoms with Crippen molar-refractivity contribution in [2.45, 2.75) is 64.1 Å². The average Bonchev–Trinajstić information content (AvgIpc) is 3.40. The van der Waals surface area contributed by atoms with Crippen LogP contribution in [0.25, 0.3) is 0 Å². The maximum Gasteiger partial charge on any atom is 0.247 e. The molecule has 1 fully saturated rings. The summed E-state index contributed by atoms with van der Waals surface area (Å²) in [5.41, 5.74) is 1.78. The van der Waals surface area contributed by atoms with Crippen LogP contribution in [0.5, 0.6) is 11.5 Å². The van der Waals surface area contributed by atoms with Gasteiger partial charge in [0.1, 0.15) is 12.2 Å². The number of hydrogen-bond donors (Lipinski definition) is 4. The third kappa shape index (κ3) is 7.69. The molecule has 4 atom stereocenters. The molecular weight excluding hydrogens is 607 g/mol. The molecule has 1 aromatic rings. The van der Waals surface area contributed by atoms with Crippen LogP contribution in [0.2, 0.25) is 0 Å². The van der Waals surface area contributed by atoms with E-state index < -0.39 is 24.2 Å². The van der Waals surface area contributed by atoms with Gasteiger partial charge in [0.05, 0.1) is 36.0 Å². The van der Waals surface area contributed by atoms with Gasteiger partial charge in [0.25, 0.3) is 0 Å². The minimum Gasteiger partial charge on any atom is -0.493 e. The molecular formula is C27H37IN2O8. The minimum absolute atomic E-state index is 0.0690. The minimum atomic E-state index is -1.17. The summed E-state index contributed by atoms with van der Waals surface area (Å²) in [6, 6.07) is 2.61. The average molecular weight is 645 g/mol. The Morgan fingerprint density at radius 1 is 1.29 bits per heavy atom. The van der Waals surface area contributed by atoms with Gasteiger partial charge in [-0.15, -0.1) is 0 Å². The van der Waals surface area contributed by atoms with Crippen molar-refractivity contribution in [3.05, 3.63) is 44.6 Å². The highest BCUT2D eigenvalue weighted by atomic mass is 127. The molecule has 1 saturated heterocycles. The Bertz CT molecular complexity index is 1050. The van der Waals surface area contributed by atoms with Crippen LogP contribution in [0.4, 0.5) is 0 Å². The lowest BCUT2D eigenvalue weighted by molar-refractivity contribution is -0.135. The number of halogens is 1. The van der Waals surface area contributed by atoms with Crippen molar-refractivity contribution >= 4 is 34.4 Å². The van der Waals surface area contributed by atoms with Crippen molar-refractivity contribution < 1.29 is 39.1 Å². The highest BCUT2D eigenvalue weighted by molar-refractivity contribution is 14.1. The van der Waals surface area contributed by atoms with Crippen molar-refractivity contribution in [2.24, 2.45) is 0 Å². The summed E-state index contributed by atoms with van der Waals surface area (Å²) in [6.45, 7) is 4.20. The number of benzene rings is 1. The molecule has 0 radical (unpaired) electrons. The number of aliphatic hydroxyl groups excluding tert-OH is 3. The van der Waals surface area contributed by atoms with E-state index >= 15 is 0 Å². The summed E-state index contributed by atoms with van der Waals surface area (Å²) in [5, 5.41) is 33.0. The van der Waals surface area contributed by atoms with E-state index in [0.29, 0.717) is 32.8 Å². The zero-order chi connectivity index (χ0) is 27.8. The van der Waals surface area contributed by atoms with Crippen molar-refractivity contribution in [1.82, 2.24) is 10.2 Å². The summed E-state index contributed by atoms with van der Waals surface area (Å²) >= 11 is 2.06. The highest BCUT2D eigenvalue weighted by Crippen LogP contribution is 2.37. The van der Waals surface area contributed by atoms with Crippen molar-refractivity contribution in [2.75, 3.05) is 33.4 Å². The Balaban J connectivity index is 2.01. The van der Waals surface area contributed by atoms with Gasteiger partial charge >= 0.3 is 0 Å². The first-order valence-electron chi connectivity index (χ1n) is 12.7. The van der Waals surface area contributed by atoms with Gasteiger partial charge in [0, 0.05) is 37.8 Å². The number of allylic oxidation sites excluding steroid dienone is 1. The lowest BCUT2D eigenvalue weighted by atomic mass is 9.87. The van der Waals surface area contributed by atoms with E-state index in [1.54, 1.807) is 23.1 Å². The molecule has 1 aliphatic heterocycles. The molecule has 2 aliphatic rings. The second-order valence-electron chi connectivity index (χ2n) is 9.63. The number of carbonyl (C=O) groups is 2. The van der Waals surface area contributed by atoms with Crippen LogP contribution in [0.15, 0.2) is 35.4 Å². The van der Waals surface area contributed by atoms with Gasteiger partial charge in [-0.05, 0) is 73.1 Å². The SMILES string of the molecule is COc1cc(CO)cc(I)c1O[C@H]1C=C(C(=O)NCCO)C[C@@H](N(C[C@H]2CCCO2)C(=O)C=C(C)C)[C@@H]1O. The van der Waals surface area contributed by atoms with Gasteiger partial charge in [0.15, 0.2) is 11.5 Å². The summed E-state index contributed by atoms with van der Waals surface area (Å²) in [5.74, 6) is 0.0304. The molecule has 0 bridgehead atoms. The largest absolute Gasteiger partial charge is 0.493 e. The number of carbonyl (C=O) groups excluding carboxylic acids is 2. The molecule has 1 heterocycles. The number of ether oxygens (including phenoxy) is 3. The van der Waals surface area contributed by atoms with Crippen LogP contribution in [-0.2, 0) is 20.9 Å². The molecule has 0 spiro atoms. The molecule has 1 aliphatic carbocycles. The highest BCUT2D eigenvalue weighted by Gasteiger charge is 2.41. The van der Waals surface area contributed by atoms with E-state index in [9.17, 15) is 24.9 Å². The molecule has 38 heavy (non-hydrogen) atoms. The molecule has 4 N–H and O–H groups in total. The standard InChI is InChI=1S/C27H37IN2O8/c1-16(2)9-24(33)30(14-19-5-4-8-37-19)21-12-18(27(35)29-6-7-31)13-22(25(21)34)38-26-20(28)10-17(15-32)11-23(26)36-3/h9-11,13,19,21-22,25,31-32,34H,4-8,12,14-15H2,1-3H3,(H,29,35)/t19-,21-,22+,25+/m1/s1. The van der Waals surface area contributed by atoms with Crippen LogP contribution < -0.4 is 14.8 Å². The topological polar surface area (TPSA) is 138 Å². The zero-order valence-corrected chi connectivity index (χ0v) is 24.1. The Morgan fingerprint density at radius 2 is 2.05 bits per heavy atom. The third-order valence-electron chi connectivity index (χ3n) is 6.46. The monoisotopic (exact) mass is 644 g/mol. The molecule has 11 heteroatoms. The molecule has 2 amide bonds. The molecule has 210 valence electrons. The summed E-state index contributed by atoms with van der Waals surface area (Å²) in [4.78, 5) is 27.9. The number of nitrogens with one attached hydrogen (secondary N) is 1. The van der Waals surface area contributed by atoms with Crippen molar-refractivity contribution in [3.63, 3.8) is 0 Å². The lowest BCUT2D eigenvalue weighted by Crippen LogP contribution is -2.56. The molecule has 1 aromatic carbocycles. The maximum atomic E-state index is 13.4. The van der Waals surface area contributed by atoms with Crippen LogP contribution in [0, 0.1) is 3.57 Å². The lowest BCUT2D eigenvalue weighted by Gasteiger charge is -2.41. The third-order valence-corrected chi connectivity index (χ3v) is 7.26. The Kier molecular flexibility index (Phi) is 11.4. The normalized spacial score (nSPS) is 22.9. The van der Waals surface area contributed by atoms with E-state index in [1.807, 2.05) is 13.8 Å². The van der Waals surface area contributed by atoms with Crippen LogP contribution in [0.1, 0.15) is 38.7 Å². The fraction of sp³-hybridized carbons (Fsp3) is 0.556. The van der Waals surface area contributed by atoms with E-state index in [0.717, 1.165) is 18.4 Å². The van der Waals surface area contributed by atoms with Gasteiger partial charge in [-0.3, -0.25) is 9.59 Å². The molecule has 10 nitrogen and oxygen atoms in total. The number of nitrogens with zero attached hydrogens (tertiary/aromatic N) is 1. The van der Waals surface area contributed by atoms with Crippen LogP contribution >= 0.6 is 22.6 Å². The number of amides is 2. The van der Waals surface area contributed by atoms with Gasteiger partial charge in [-0.2, -0.15) is 0 Å². The van der Waals surface area contributed by atoms with E-state index in [4.69, 9.17) is 14.2 Å². The predicted octanol–water partition coefficient (Wildman–Crippen LogP) is 1.68. The summed E-state index contributed by atoms with van der Waals surface area (Å²) < 4.78 is 18.2. The van der Waals surface area contributed by atoms with Crippen molar-refractivity contribution in [3.8, 4) is 11.5 Å². The Morgan fingerprint density at radius 3 is 2.66 bits per heavy atom. The van der Waals surface area contributed by atoms with Gasteiger partial charge < -0.3 is 39.7 Å². The van der Waals surface area contributed by atoms with E-state index in [-0.39, 0.29) is 44.7 Å². The van der Waals surface area contributed by atoms with E-state index in [2.05, 4.69) is 27.9 Å². The Hall–Kier alpha value is -2.19. The van der Waals surface area contributed by atoms with Gasteiger partial charge in [0.2, 0.25) is 11.8 Å². The van der Waals surface area contributed by atoms with Crippen LogP contribution in [-0.4, -0.2) is 89.8 Å². The molecule has 0 unspecified atom stereocenters. The second kappa shape index (κ2) is 14.3.